The van der Waals surface area contributed by atoms with E-state index >= 15 is 0 Å². The number of hydrogen-bond donors (Lipinski definition) is 1. The fourth-order valence-corrected chi connectivity index (χ4v) is 3.79. The topological polar surface area (TPSA) is 72.3 Å². The Labute approximate surface area is 187 Å². The molecule has 32 heavy (non-hydrogen) atoms. The van der Waals surface area contributed by atoms with E-state index < -0.39 is 0 Å². The minimum atomic E-state index is 0.463. The van der Waals surface area contributed by atoms with Crippen molar-refractivity contribution in [2.75, 3.05) is 5.32 Å². The number of fused-ring (bicyclic) bond motifs is 1. The van der Waals surface area contributed by atoms with E-state index in [1.165, 1.54) is 5.56 Å². The predicted molar refractivity (Wildman–Crippen MR) is 128 cm³/mol. The highest BCUT2D eigenvalue weighted by atomic mass is 16.5. The van der Waals surface area contributed by atoms with Crippen molar-refractivity contribution in [3.8, 4) is 22.8 Å². The Morgan fingerprint density at radius 3 is 2.28 bits per heavy atom. The summed E-state index contributed by atoms with van der Waals surface area (Å²) in [4.78, 5) is 17.8. The molecule has 2 aromatic heterocycles. The number of benzene rings is 2. The molecule has 1 aliphatic rings. The van der Waals surface area contributed by atoms with Gasteiger partial charge < -0.3 is 10.1 Å². The molecule has 5 rings (SSSR count). The fraction of sp³-hybridized carbons (Fsp3) is 0.154. The molecule has 1 N–H and O–H groups in total. The molecule has 6 heteroatoms. The molecule has 2 aromatic carbocycles. The number of nitrogens with one attached hydrogen (secondary N) is 1. The number of nitrogens with zero attached hydrogens (tertiary/aromatic N) is 4. The lowest BCUT2D eigenvalue weighted by atomic mass is 10.0. The van der Waals surface area contributed by atoms with E-state index in [4.69, 9.17) is 4.74 Å². The molecular formula is C26H23N5O. The summed E-state index contributed by atoms with van der Waals surface area (Å²) in [6, 6.07) is 16.4. The van der Waals surface area contributed by atoms with E-state index in [0.29, 0.717) is 24.1 Å². The van der Waals surface area contributed by atoms with Crippen LogP contribution in [0.15, 0.2) is 65.9 Å². The molecule has 0 aliphatic carbocycles. The van der Waals surface area contributed by atoms with Gasteiger partial charge in [-0.05, 0) is 79.4 Å². The van der Waals surface area contributed by atoms with Gasteiger partial charge in [0, 0.05) is 30.7 Å². The molecule has 0 saturated carbocycles. The summed E-state index contributed by atoms with van der Waals surface area (Å²) in [6.45, 7) is 6.16. The first-order chi connectivity index (χ1) is 15.6. The standard InChI is InChI=1S/C26H23N5O/c1-16-4-6-21(7-5-16)29-26-30-24-22(10-13-28-24)25(31-26)32-23-17(2)14-20(15-18(23)3)19-8-11-27-12-9-19/h4-9,11-15H,10H2,1-3H3,(H,29,30,31). The Bertz CT molecular complexity index is 1290. The summed E-state index contributed by atoms with van der Waals surface area (Å²) >= 11 is 0. The number of aliphatic imine (C=N–C) groups is 1. The van der Waals surface area contributed by atoms with Crippen LogP contribution in [0.1, 0.15) is 22.3 Å². The first kappa shape index (κ1) is 19.9. The quantitative estimate of drug-likeness (QED) is 0.412. The number of aryl methyl sites for hydroxylation is 3. The SMILES string of the molecule is Cc1ccc(Nc2nc3c(c(Oc4c(C)cc(-c5ccncc5)cc4C)n2)CC=N3)cc1. The van der Waals surface area contributed by atoms with Crippen molar-refractivity contribution in [1.82, 2.24) is 15.0 Å². The summed E-state index contributed by atoms with van der Waals surface area (Å²) in [6.07, 6.45) is 6.10. The van der Waals surface area contributed by atoms with Gasteiger partial charge in [0.15, 0.2) is 5.82 Å². The van der Waals surface area contributed by atoms with Crippen LogP contribution in [-0.4, -0.2) is 21.2 Å². The molecule has 1 aliphatic heterocycles. The molecule has 0 fully saturated rings. The Morgan fingerprint density at radius 1 is 0.844 bits per heavy atom. The molecule has 0 amide bonds. The van der Waals surface area contributed by atoms with E-state index in [9.17, 15) is 0 Å². The van der Waals surface area contributed by atoms with Crippen LogP contribution >= 0.6 is 0 Å². The minimum Gasteiger partial charge on any atom is -0.438 e. The van der Waals surface area contributed by atoms with Crippen LogP contribution in [0, 0.1) is 20.8 Å². The summed E-state index contributed by atoms with van der Waals surface area (Å²) in [5, 5.41) is 3.26. The highest BCUT2D eigenvalue weighted by Crippen LogP contribution is 2.37. The van der Waals surface area contributed by atoms with Crippen molar-refractivity contribution in [2.45, 2.75) is 27.2 Å². The fourth-order valence-electron chi connectivity index (χ4n) is 3.79. The second-order valence-electron chi connectivity index (χ2n) is 7.94. The molecule has 0 atom stereocenters. The summed E-state index contributed by atoms with van der Waals surface area (Å²) < 4.78 is 6.39. The monoisotopic (exact) mass is 421 g/mol. The first-order valence-corrected chi connectivity index (χ1v) is 10.5. The van der Waals surface area contributed by atoms with Crippen molar-refractivity contribution in [3.05, 3.63) is 83.2 Å². The molecule has 0 radical (unpaired) electrons. The Balaban J connectivity index is 1.49. The lowest BCUT2D eigenvalue weighted by Gasteiger charge is -2.16. The molecule has 6 nitrogen and oxygen atoms in total. The summed E-state index contributed by atoms with van der Waals surface area (Å²) in [5.74, 6) is 2.44. The van der Waals surface area contributed by atoms with Crippen molar-refractivity contribution in [3.63, 3.8) is 0 Å². The maximum Gasteiger partial charge on any atom is 0.232 e. The van der Waals surface area contributed by atoms with Gasteiger partial charge in [-0.1, -0.05) is 17.7 Å². The zero-order valence-electron chi connectivity index (χ0n) is 18.3. The van der Waals surface area contributed by atoms with Crippen molar-refractivity contribution in [1.29, 1.82) is 0 Å². The van der Waals surface area contributed by atoms with Crippen LogP contribution in [0.5, 0.6) is 11.6 Å². The summed E-state index contributed by atoms with van der Waals surface area (Å²) in [7, 11) is 0. The third-order valence-corrected chi connectivity index (χ3v) is 5.44. The van der Waals surface area contributed by atoms with Gasteiger partial charge in [-0.2, -0.15) is 9.97 Å². The van der Waals surface area contributed by atoms with Crippen molar-refractivity contribution >= 4 is 23.7 Å². The lowest BCUT2D eigenvalue weighted by molar-refractivity contribution is 0.451. The first-order valence-electron chi connectivity index (χ1n) is 10.5. The molecule has 0 spiro atoms. The second kappa shape index (κ2) is 8.23. The van der Waals surface area contributed by atoms with E-state index in [-0.39, 0.29) is 0 Å². The van der Waals surface area contributed by atoms with Gasteiger partial charge >= 0.3 is 0 Å². The van der Waals surface area contributed by atoms with Crippen LogP contribution in [0.25, 0.3) is 11.1 Å². The van der Waals surface area contributed by atoms with Gasteiger partial charge in [0.25, 0.3) is 0 Å². The largest absolute Gasteiger partial charge is 0.438 e. The van der Waals surface area contributed by atoms with Crippen LogP contribution in [-0.2, 0) is 6.42 Å². The number of anilines is 2. The molecule has 0 unspecified atom stereocenters. The van der Waals surface area contributed by atoms with Crippen LogP contribution < -0.4 is 10.1 Å². The van der Waals surface area contributed by atoms with Crippen LogP contribution in [0.2, 0.25) is 0 Å². The van der Waals surface area contributed by atoms with E-state index in [1.807, 2.05) is 42.6 Å². The van der Waals surface area contributed by atoms with Crippen LogP contribution in [0.4, 0.5) is 17.5 Å². The van der Waals surface area contributed by atoms with Gasteiger partial charge in [0.05, 0.1) is 5.56 Å². The van der Waals surface area contributed by atoms with Gasteiger partial charge in [0.2, 0.25) is 11.8 Å². The number of rotatable bonds is 5. The van der Waals surface area contributed by atoms with Gasteiger partial charge in [-0.15, -0.1) is 0 Å². The van der Waals surface area contributed by atoms with E-state index in [0.717, 1.165) is 39.3 Å². The molecule has 0 saturated heterocycles. The average Bonchev–Trinajstić information content (AvgIpc) is 3.27. The normalized spacial score (nSPS) is 12.0. The molecule has 158 valence electrons. The maximum absolute atomic E-state index is 6.39. The number of pyridine rings is 1. The van der Waals surface area contributed by atoms with Gasteiger partial charge in [-0.3, -0.25) is 4.98 Å². The Kier molecular flexibility index (Phi) is 5.11. The zero-order valence-corrected chi connectivity index (χ0v) is 18.3. The van der Waals surface area contributed by atoms with E-state index in [2.05, 4.69) is 58.2 Å². The van der Waals surface area contributed by atoms with Crippen LogP contribution in [0.3, 0.4) is 0 Å². The average molecular weight is 422 g/mol. The zero-order chi connectivity index (χ0) is 22.1. The highest BCUT2D eigenvalue weighted by molar-refractivity contribution is 5.77. The number of aromatic nitrogens is 3. The Hall–Kier alpha value is -4.06. The minimum absolute atomic E-state index is 0.463. The number of hydrogen-bond acceptors (Lipinski definition) is 6. The Morgan fingerprint density at radius 2 is 1.56 bits per heavy atom. The highest BCUT2D eigenvalue weighted by Gasteiger charge is 2.20. The summed E-state index contributed by atoms with van der Waals surface area (Å²) in [5.41, 5.74) is 7.34. The van der Waals surface area contributed by atoms with Crippen molar-refractivity contribution < 1.29 is 4.74 Å². The maximum atomic E-state index is 6.39. The third kappa shape index (κ3) is 3.95. The molecular weight excluding hydrogens is 398 g/mol. The predicted octanol–water partition coefficient (Wildman–Crippen LogP) is 6.26. The smallest absolute Gasteiger partial charge is 0.232 e. The second-order valence-corrected chi connectivity index (χ2v) is 7.94. The van der Waals surface area contributed by atoms with E-state index in [1.54, 1.807) is 12.4 Å². The molecule has 0 bridgehead atoms. The number of ether oxygens (including phenoxy) is 1. The van der Waals surface area contributed by atoms with Crippen molar-refractivity contribution in [2.24, 2.45) is 4.99 Å². The molecule has 3 heterocycles. The third-order valence-electron chi connectivity index (χ3n) is 5.44. The lowest BCUT2D eigenvalue weighted by Crippen LogP contribution is -2.03. The molecule has 4 aromatic rings. The van der Waals surface area contributed by atoms with Gasteiger partial charge in [-0.25, -0.2) is 4.99 Å². The van der Waals surface area contributed by atoms with Gasteiger partial charge in [0.1, 0.15) is 5.75 Å².